The van der Waals surface area contributed by atoms with Gasteiger partial charge in [-0.25, -0.2) is 0 Å². The summed E-state index contributed by atoms with van der Waals surface area (Å²) >= 11 is 0.00504. The summed E-state index contributed by atoms with van der Waals surface area (Å²) < 4.78 is 11.4. The topological polar surface area (TPSA) is 102 Å². The number of nitrogens with zero attached hydrogens (tertiary/aromatic N) is 2. The monoisotopic (exact) mass is 297 g/mol. The number of carbonyl (C=O) groups is 1. The quantitative estimate of drug-likeness (QED) is 0.638. The van der Waals surface area contributed by atoms with Gasteiger partial charge in [-0.3, -0.25) is 4.79 Å². The first-order valence-electron chi connectivity index (χ1n) is 5.27. The van der Waals surface area contributed by atoms with Crippen LogP contribution in [0.25, 0.3) is 11.4 Å². The van der Waals surface area contributed by atoms with Gasteiger partial charge in [-0.1, -0.05) is 23.9 Å². The molecule has 6 nitrogen and oxygen atoms in total. The Hall–Kier alpha value is -1.51. The number of aromatic nitrogens is 3. The first kappa shape index (κ1) is 13.9. The van der Waals surface area contributed by atoms with Crippen LogP contribution in [0.2, 0.25) is 0 Å². The second-order valence-electron chi connectivity index (χ2n) is 3.64. The van der Waals surface area contributed by atoms with Gasteiger partial charge in [0.05, 0.1) is 5.75 Å². The molecule has 2 N–H and O–H groups in total. The molecule has 2 rings (SSSR count). The highest BCUT2D eigenvalue weighted by atomic mass is 32.2. The third-order valence-corrected chi connectivity index (χ3v) is 4.00. The highest BCUT2D eigenvalue weighted by molar-refractivity contribution is 7.99. The van der Waals surface area contributed by atoms with Crippen molar-refractivity contribution < 1.29 is 14.5 Å². The van der Waals surface area contributed by atoms with Crippen molar-refractivity contribution in [2.24, 2.45) is 0 Å². The maximum absolute atomic E-state index is 11.4. The molecule has 0 spiro atoms. The van der Waals surface area contributed by atoms with Gasteiger partial charge in [0.1, 0.15) is 6.26 Å². The van der Waals surface area contributed by atoms with Crippen molar-refractivity contribution >= 4 is 28.9 Å². The Bertz CT molecular complexity index is 586. The molecule has 0 radical (unpaired) electrons. The zero-order valence-electron chi connectivity index (χ0n) is 9.99. The molecule has 0 amide bonds. The number of carboxylic acid groups (broad SMARTS) is 1. The molecule has 0 aliphatic carbocycles. The van der Waals surface area contributed by atoms with Crippen LogP contribution in [0.5, 0.6) is 0 Å². The molecule has 0 bridgehead atoms. The molecule has 0 saturated heterocycles. The second-order valence-corrected chi connectivity index (χ2v) is 5.99. The number of rotatable bonds is 5. The van der Waals surface area contributed by atoms with E-state index in [4.69, 9.17) is 5.11 Å². The predicted octanol–water partition coefficient (Wildman–Crippen LogP) is 1.39. The van der Waals surface area contributed by atoms with E-state index in [2.05, 4.69) is 15.2 Å². The van der Waals surface area contributed by atoms with Crippen LogP contribution in [0.4, 0.5) is 0 Å². The van der Waals surface area contributed by atoms with Gasteiger partial charge in [-0.15, -0.1) is 10.2 Å². The average Bonchev–Trinajstić information content (AvgIpc) is 2.85. The van der Waals surface area contributed by atoms with Crippen molar-refractivity contribution in [2.45, 2.75) is 10.1 Å². The standard InChI is InChI=1S/C11H11N3O3S2/c1-19(17)8-4-2-3-7(5-8)10-12-11(14-13-10)18-6-9(15)16/h2-5H,6H2,1H3,(H,15,16)(H,12,13,14). The molecular weight excluding hydrogens is 286 g/mol. The minimum atomic E-state index is -1.06. The molecule has 2 aromatic rings. The minimum Gasteiger partial charge on any atom is -0.612 e. The average molecular weight is 297 g/mol. The van der Waals surface area contributed by atoms with Crippen LogP contribution in [0.1, 0.15) is 0 Å². The van der Waals surface area contributed by atoms with Crippen LogP contribution in [0, 0.1) is 0 Å². The summed E-state index contributed by atoms with van der Waals surface area (Å²) in [5.41, 5.74) is 0.766. The number of benzene rings is 1. The second kappa shape index (κ2) is 6.09. The van der Waals surface area contributed by atoms with E-state index in [1.165, 1.54) is 0 Å². The van der Waals surface area contributed by atoms with E-state index in [1.54, 1.807) is 24.5 Å². The van der Waals surface area contributed by atoms with Gasteiger partial charge < -0.3 is 14.6 Å². The van der Waals surface area contributed by atoms with Crippen LogP contribution in [0.3, 0.4) is 0 Å². The first-order valence-corrected chi connectivity index (χ1v) is 7.82. The normalized spacial score (nSPS) is 12.3. The highest BCUT2D eigenvalue weighted by Crippen LogP contribution is 2.21. The number of aromatic amines is 1. The number of nitrogens with one attached hydrogen (secondary N) is 1. The Morgan fingerprint density at radius 3 is 3.00 bits per heavy atom. The van der Waals surface area contributed by atoms with Gasteiger partial charge in [0, 0.05) is 11.6 Å². The Morgan fingerprint density at radius 2 is 2.32 bits per heavy atom. The molecular formula is C11H11N3O3S2. The molecule has 0 fully saturated rings. The zero-order chi connectivity index (χ0) is 13.8. The van der Waals surface area contributed by atoms with Gasteiger partial charge in [-0.05, 0) is 17.2 Å². The van der Waals surface area contributed by atoms with Crippen LogP contribution in [-0.4, -0.2) is 42.8 Å². The molecule has 0 aliphatic rings. The minimum absolute atomic E-state index is 0.0757. The number of hydrogen-bond donors (Lipinski definition) is 2. The molecule has 1 heterocycles. The van der Waals surface area contributed by atoms with Gasteiger partial charge >= 0.3 is 5.97 Å². The van der Waals surface area contributed by atoms with Gasteiger partial charge in [0.25, 0.3) is 0 Å². The van der Waals surface area contributed by atoms with E-state index in [0.29, 0.717) is 15.9 Å². The van der Waals surface area contributed by atoms with E-state index in [1.807, 2.05) is 6.07 Å². The van der Waals surface area contributed by atoms with Crippen LogP contribution < -0.4 is 0 Å². The molecule has 1 atom stereocenters. The number of aliphatic carboxylic acids is 1. The molecule has 19 heavy (non-hydrogen) atoms. The van der Waals surface area contributed by atoms with Crippen molar-refractivity contribution in [3.8, 4) is 11.4 Å². The fraction of sp³-hybridized carbons (Fsp3) is 0.182. The summed E-state index contributed by atoms with van der Waals surface area (Å²) in [5.74, 6) is -0.459. The van der Waals surface area contributed by atoms with Gasteiger partial charge in [-0.2, -0.15) is 0 Å². The van der Waals surface area contributed by atoms with Crippen molar-refractivity contribution in [3.63, 3.8) is 0 Å². The number of hydrogen-bond acceptors (Lipinski definition) is 5. The molecule has 1 aromatic carbocycles. The lowest BCUT2D eigenvalue weighted by atomic mass is 10.2. The number of thioether (sulfide) groups is 1. The van der Waals surface area contributed by atoms with Crippen LogP contribution in [0.15, 0.2) is 34.3 Å². The molecule has 0 aliphatic heterocycles. The first-order chi connectivity index (χ1) is 9.06. The van der Waals surface area contributed by atoms with E-state index >= 15 is 0 Å². The third kappa shape index (κ3) is 3.72. The molecule has 1 aromatic heterocycles. The number of H-pyrrole nitrogens is 1. The summed E-state index contributed by atoms with van der Waals surface area (Å²) in [6.45, 7) is 0. The van der Waals surface area contributed by atoms with E-state index in [9.17, 15) is 9.35 Å². The van der Waals surface area contributed by atoms with Gasteiger partial charge in [0.2, 0.25) is 0 Å². The maximum Gasteiger partial charge on any atom is 0.313 e. The Morgan fingerprint density at radius 1 is 1.53 bits per heavy atom. The van der Waals surface area contributed by atoms with Crippen LogP contribution >= 0.6 is 11.8 Å². The lowest BCUT2D eigenvalue weighted by Crippen LogP contribution is -1.98. The summed E-state index contributed by atoms with van der Waals surface area (Å²) in [7, 11) is 0. The Kier molecular flexibility index (Phi) is 4.46. The summed E-state index contributed by atoms with van der Waals surface area (Å²) in [4.78, 5) is 14.1. The van der Waals surface area contributed by atoms with Crippen molar-refractivity contribution in [1.29, 1.82) is 0 Å². The van der Waals surface area contributed by atoms with Crippen molar-refractivity contribution in [1.82, 2.24) is 15.2 Å². The van der Waals surface area contributed by atoms with Crippen molar-refractivity contribution in [2.75, 3.05) is 12.0 Å². The van der Waals surface area contributed by atoms with Gasteiger partial charge in [0.15, 0.2) is 15.9 Å². The highest BCUT2D eigenvalue weighted by Gasteiger charge is 2.10. The molecule has 1 unspecified atom stereocenters. The fourth-order valence-corrected chi connectivity index (χ4v) is 2.48. The summed E-state index contributed by atoms with van der Waals surface area (Å²) in [5, 5.41) is 16.8. The zero-order valence-corrected chi connectivity index (χ0v) is 11.6. The fourth-order valence-electron chi connectivity index (χ4n) is 1.39. The predicted molar refractivity (Wildman–Crippen MR) is 72.5 cm³/mol. The maximum atomic E-state index is 11.4. The SMILES string of the molecule is C[S+]([O-])c1cccc(-c2nnc(SCC(=O)O)[nH]2)c1. The van der Waals surface area contributed by atoms with E-state index in [0.717, 1.165) is 17.3 Å². The number of carboxylic acids is 1. The summed E-state index contributed by atoms with van der Waals surface area (Å²) in [6.07, 6.45) is 1.60. The van der Waals surface area contributed by atoms with E-state index in [-0.39, 0.29) is 5.75 Å². The molecule has 8 heteroatoms. The Balaban J connectivity index is 2.18. The van der Waals surface area contributed by atoms with Crippen LogP contribution in [-0.2, 0) is 16.0 Å². The third-order valence-electron chi connectivity index (χ3n) is 2.24. The smallest absolute Gasteiger partial charge is 0.313 e. The molecule has 100 valence electrons. The lowest BCUT2D eigenvalue weighted by molar-refractivity contribution is -0.133. The van der Waals surface area contributed by atoms with E-state index < -0.39 is 17.1 Å². The summed E-state index contributed by atoms with van der Waals surface area (Å²) in [6, 6.07) is 7.15. The lowest BCUT2D eigenvalue weighted by Gasteiger charge is -2.04. The Labute approximate surface area is 116 Å². The van der Waals surface area contributed by atoms with Crippen molar-refractivity contribution in [3.05, 3.63) is 24.3 Å². The molecule has 0 saturated carbocycles. The largest absolute Gasteiger partial charge is 0.612 e.